The molecule has 0 heterocycles. The van der Waals surface area contributed by atoms with Crippen LogP contribution >= 0.6 is 0 Å². The Morgan fingerprint density at radius 2 is 1.35 bits per heavy atom. The van der Waals surface area contributed by atoms with Gasteiger partial charge < -0.3 is 13.0 Å². The Bertz CT molecular complexity index is 807. The van der Waals surface area contributed by atoms with Gasteiger partial charge in [-0.1, -0.05) is 66.7 Å². The average molecular weight is 473 g/mol. The van der Waals surface area contributed by atoms with Crippen molar-refractivity contribution in [2.75, 3.05) is 6.61 Å². The number of hydrogen-bond donors (Lipinski definition) is 0. The van der Waals surface area contributed by atoms with Crippen LogP contribution in [-0.2, 0) is 17.8 Å². The molecule has 0 unspecified atom stereocenters. The minimum atomic E-state index is -2.91. The van der Waals surface area contributed by atoms with E-state index in [1.807, 2.05) is 12.1 Å². The standard InChI is InChI=1S/C24H36O4Si3/c1-7-15-24(25)26-20-14-21-30(5,6)28-31(27-29(2,3)4,22-16-10-8-11-17-22)23-18-12-9-13-19-23/h7-13,15-19H,14,20-21H2,1-6H3. The fraction of sp³-hybridized carbons (Fsp3) is 0.375. The van der Waals surface area contributed by atoms with E-state index in [1.165, 1.54) is 6.08 Å². The van der Waals surface area contributed by atoms with Gasteiger partial charge in [-0.25, -0.2) is 4.79 Å². The minimum absolute atomic E-state index is 0.290. The second-order valence-electron chi connectivity index (χ2n) is 9.20. The summed E-state index contributed by atoms with van der Waals surface area (Å²) in [5.41, 5.74) is 0. The van der Waals surface area contributed by atoms with Crippen molar-refractivity contribution in [3.63, 3.8) is 0 Å². The molecule has 7 heteroatoms. The van der Waals surface area contributed by atoms with Crippen molar-refractivity contribution in [1.29, 1.82) is 0 Å². The van der Waals surface area contributed by atoms with Crippen molar-refractivity contribution < 1.29 is 17.8 Å². The molecular weight excluding hydrogens is 437 g/mol. The van der Waals surface area contributed by atoms with E-state index >= 15 is 0 Å². The van der Waals surface area contributed by atoms with E-state index in [2.05, 4.69) is 81.3 Å². The molecule has 168 valence electrons. The zero-order valence-electron chi connectivity index (χ0n) is 19.7. The summed E-state index contributed by atoms with van der Waals surface area (Å²) >= 11 is 0. The Morgan fingerprint density at radius 3 is 1.81 bits per heavy atom. The van der Waals surface area contributed by atoms with E-state index in [0.717, 1.165) is 22.8 Å². The molecule has 0 radical (unpaired) electrons. The van der Waals surface area contributed by atoms with Crippen LogP contribution in [-0.4, -0.2) is 37.8 Å². The summed E-state index contributed by atoms with van der Waals surface area (Å²) in [5, 5.41) is 2.28. The third kappa shape index (κ3) is 8.01. The van der Waals surface area contributed by atoms with Crippen molar-refractivity contribution in [2.45, 2.75) is 52.1 Å². The molecule has 0 N–H and O–H groups in total. The molecule has 0 atom stereocenters. The Kier molecular flexibility index (Phi) is 9.20. The molecule has 0 aliphatic carbocycles. The third-order valence-corrected chi connectivity index (χ3v) is 15.4. The largest absolute Gasteiger partial charge is 0.463 e. The van der Waals surface area contributed by atoms with Crippen LogP contribution in [0.4, 0.5) is 0 Å². The summed E-state index contributed by atoms with van der Waals surface area (Å²) in [6.07, 6.45) is 3.92. The Labute approximate surface area is 190 Å². The number of allylic oxidation sites excluding steroid dienone is 1. The number of carbonyl (C=O) groups is 1. The lowest BCUT2D eigenvalue weighted by molar-refractivity contribution is -0.137. The summed E-state index contributed by atoms with van der Waals surface area (Å²) in [7, 11) is -6.99. The first kappa shape index (κ1) is 25.5. The van der Waals surface area contributed by atoms with E-state index in [1.54, 1.807) is 13.0 Å². The van der Waals surface area contributed by atoms with Crippen molar-refractivity contribution in [3.8, 4) is 0 Å². The van der Waals surface area contributed by atoms with Crippen LogP contribution < -0.4 is 10.4 Å². The highest BCUT2D eigenvalue weighted by Gasteiger charge is 2.49. The number of hydrogen-bond acceptors (Lipinski definition) is 4. The number of benzene rings is 2. The Balaban J connectivity index is 2.34. The molecule has 0 spiro atoms. The molecule has 2 aromatic rings. The predicted molar refractivity (Wildman–Crippen MR) is 136 cm³/mol. The lowest BCUT2D eigenvalue weighted by Gasteiger charge is -2.42. The van der Waals surface area contributed by atoms with Crippen LogP contribution in [0.15, 0.2) is 72.8 Å². The van der Waals surface area contributed by atoms with Gasteiger partial charge in [0.15, 0.2) is 16.6 Å². The van der Waals surface area contributed by atoms with E-state index in [9.17, 15) is 4.79 Å². The van der Waals surface area contributed by atoms with Crippen molar-refractivity contribution >= 4 is 41.5 Å². The highest BCUT2D eigenvalue weighted by molar-refractivity contribution is 7.02. The molecule has 0 aliphatic rings. The lowest BCUT2D eigenvalue weighted by Crippen LogP contribution is -2.69. The van der Waals surface area contributed by atoms with Gasteiger partial charge in [0.2, 0.25) is 0 Å². The number of carbonyl (C=O) groups excluding carboxylic acids is 1. The molecule has 0 saturated heterocycles. The third-order valence-electron chi connectivity index (χ3n) is 4.65. The van der Waals surface area contributed by atoms with Gasteiger partial charge in [0.05, 0.1) is 6.61 Å². The van der Waals surface area contributed by atoms with Gasteiger partial charge in [0, 0.05) is 6.08 Å². The van der Waals surface area contributed by atoms with Gasteiger partial charge in [-0.05, 0) is 62.5 Å². The molecule has 2 rings (SSSR count). The smallest absolute Gasteiger partial charge is 0.386 e. The summed E-state index contributed by atoms with van der Waals surface area (Å²) in [5.74, 6) is -0.290. The highest BCUT2D eigenvalue weighted by atomic mass is 28.5. The Hall–Kier alpha value is -1.78. The maximum absolute atomic E-state index is 11.6. The zero-order chi connectivity index (χ0) is 23.0. The maximum Gasteiger partial charge on any atom is 0.386 e. The molecule has 31 heavy (non-hydrogen) atoms. The van der Waals surface area contributed by atoms with Crippen LogP contribution in [0, 0.1) is 0 Å². The number of ether oxygens (including phenoxy) is 1. The lowest BCUT2D eigenvalue weighted by atomic mass is 10.4. The van der Waals surface area contributed by atoms with Gasteiger partial charge in [-0.2, -0.15) is 0 Å². The van der Waals surface area contributed by atoms with Crippen LogP contribution in [0.2, 0.25) is 38.8 Å². The zero-order valence-corrected chi connectivity index (χ0v) is 22.7. The minimum Gasteiger partial charge on any atom is -0.463 e. The molecule has 4 nitrogen and oxygen atoms in total. The fourth-order valence-electron chi connectivity index (χ4n) is 3.46. The molecule has 0 saturated carbocycles. The number of esters is 1. The predicted octanol–water partition coefficient (Wildman–Crippen LogP) is 4.83. The molecular formula is C24H36O4Si3. The second kappa shape index (κ2) is 11.2. The average Bonchev–Trinajstić information content (AvgIpc) is 2.71. The topological polar surface area (TPSA) is 44.8 Å². The SMILES string of the molecule is CC=CC(=O)OCCC[Si](C)(C)O[Si](O[Si](C)(C)C)(c1ccccc1)c1ccccc1. The quantitative estimate of drug-likeness (QED) is 0.203. The van der Waals surface area contributed by atoms with Gasteiger partial charge in [0.25, 0.3) is 0 Å². The molecule has 0 amide bonds. The highest BCUT2D eigenvalue weighted by Crippen LogP contribution is 2.24. The summed E-state index contributed by atoms with van der Waals surface area (Å²) in [6, 6.07) is 21.8. The Morgan fingerprint density at radius 1 is 0.839 bits per heavy atom. The number of rotatable bonds is 11. The molecule has 0 fully saturated rings. The first-order valence-corrected chi connectivity index (χ1v) is 19.2. The maximum atomic E-state index is 11.6. The summed E-state index contributed by atoms with van der Waals surface area (Å²) < 4.78 is 19.5. The fourth-order valence-corrected chi connectivity index (χ4v) is 15.5. The first-order chi connectivity index (χ1) is 14.6. The monoisotopic (exact) mass is 472 g/mol. The van der Waals surface area contributed by atoms with Gasteiger partial charge in [0.1, 0.15) is 0 Å². The first-order valence-electron chi connectivity index (χ1n) is 10.9. The molecule has 0 aliphatic heterocycles. The summed E-state index contributed by atoms with van der Waals surface area (Å²) in [6.45, 7) is 13.4. The van der Waals surface area contributed by atoms with Gasteiger partial charge >= 0.3 is 14.5 Å². The normalized spacial score (nSPS) is 12.8. The molecule has 0 bridgehead atoms. The van der Waals surface area contributed by atoms with E-state index < -0.39 is 25.2 Å². The van der Waals surface area contributed by atoms with Crippen LogP contribution in [0.25, 0.3) is 0 Å². The second-order valence-corrected chi connectivity index (χ2v) is 21.5. The van der Waals surface area contributed by atoms with Crippen molar-refractivity contribution in [2.24, 2.45) is 0 Å². The molecule has 2 aromatic carbocycles. The van der Waals surface area contributed by atoms with Crippen molar-refractivity contribution in [3.05, 3.63) is 72.8 Å². The van der Waals surface area contributed by atoms with E-state index in [-0.39, 0.29) is 5.97 Å². The van der Waals surface area contributed by atoms with Crippen LogP contribution in [0.5, 0.6) is 0 Å². The van der Waals surface area contributed by atoms with Gasteiger partial charge in [-0.15, -0.1) is 0 Å². The van der Waals surface area contributed by atoms with Crippen LogP contribution in [0.1, 0.15) is 13.3 Å². The van der Waals surface area contributed by atoms with E-state index in [0.29, 0.717) is 6.61 Å². The van der Waals surface area contributed by atoms with Crippen molar-refractivity contribution in [1.82, 2.24) is 0 Å². The van der Waals surface area contributed by atoms with E-state index in [4.69, 9.17) is 13.0 Å². The van der Waals surface area contributed by atoms with Gasteiger partial charge in [-0.3, -0.25) is 0 Å². The van der Waals surface area contributed by atoms with Crippen LogP contribution in [0.3, 0.4) is 0 Å². The summed E-state index contributed by atoms with van der Waals surface area (Å²) in [4.78, 5) is 11.6. The molecule has 0 aromatic heterocycles.